The number of carbonyl (C=O) groups is 2. The number of piperazine rings is 1. The van der Waals surface area contributed by atoms with E-state index in [9.17, 15) is 14.0 Å². The van der Waals surface area contributed by atoms with Crippen LogP contribution in [0.1, 0.15) is 41.5 Å². The highest BCUT2D eigenvalue weighted by atomic mass is 35.5. The lowest BCUT2D eigenvalue weighted by molar-refractivity contribution is 0.0554. The first kappa shape index (κ1) is 27.5. The maximum Gasteiger partial charge on any atom is 0.437 e. The van der Waals surface area contributed by atoms with Crippen molar-refractivity contribution in [3.8, 4) is 5.75 Å². The summed E-state index contributed by atoms with van der Waals surface area (Å²) >= 11 is 6.27. The minimum Gasteiger partial charge on any atom is -0.489 e. The third kappa shape index (κ3) is 9.24. The first-order chi connectivity index (χ1) is 15.8. The van der Waals surface area contributed by atoms with E-state index in [1.54, 1.807) is 58.6 Å². The number of benzene rings is 1. The summed E-state index contributed by atoms with van der Waals surface area (Å²) in [4.78, 5) is 32.5. The number of amides is 2. The Kier molecular flexibility index (Phi) is 9.37. The van der Waals surface area contributed by atoms with E-state index < -0.39 is 30.1 Å². The van der Waals surface area contributed by atoms with E-state index in [2.05, 4.69) is 15.2 Å². The summed E-state index contributed by atoms with van der Waals surface area (Å²) in [6.45, 7) is 11.9. The molecule has 1 fully saturated rings. The highest BCUT2D eigenvalue weighted by molar-refractivity contribution is 6.32. The lowest BCUT2D eigenvalue weighted by atomic mass is 10.2. The second-order valence-corrected chi connectivity index (χ2v) is 10.1. The number of carbonyl (C=O) groups excluding carboxylic acids is 2. The van der Waals surface area contributed by atoms with Crippen molar-refractivity contribution in [3.63, 3.8) is 0 Å². The van der Waals surface area contributed by atoms with Crippen molar-refractivity contribution in [2.45, 2.75) is 52.7 Å². The van der Waals surface area contributed by atoms with Crippen LogP contribution >= 0.6 is 11.6 Å². The average Bonchev–Trinajstić information content (AvgIpc) is 2.70. The fourth-order valence-corrected chi connectivity index (χ4v) is 3.30. The van der Waals surface area contributed by atoms with Crippen LogP contribution in [0.25, 0.3) is 0 Å². The lowest BCUT2D eigenvalue weighted by Gasteiger charge is -2.37. The highest BCUT2D eigenvalue weighted by Gasteiger charge is 2.26. The Balaban J connectivity index is 2.11. The molecule has 1 aromatic rings. The van der Waals surface area contributed by atoms with Gasteiger partial charge in [0.2, 0.25) is 5.96 Å². The largest absolute Gasteiger partial charge is 0.489 e. The molecule has 2 rings (SSSR count). The molecule has 34 heavy (non-hydrogen) atoms. The summed E-state index contributed by atoms with van der Waals surface area (Å²) in [7, 11) is 0. The van der Waals surface area contributed by atoms with Crippen molar-refractivity contribution in [1.29, 1.82) is 0 Å². The summed E-state index contributed by atoms with van der Waals surface area (Å²) in [5, 5.41) is 2.97. The van der Waals surface area contributed by atoms with E-state index in [-0.39, 0.29) is 12.6 Å². The van der Waals surface area contributed by atoms with E-state index in [1.165, 1.54) is 0 Å². The van der Waals surface area contributed by atoms with Crippen molar-refractivity contribution in [2.24, 2.45) is 4.99 Å². The zero-order valence-electron chi connectivity index (χ0n) is 20.6. The molecule has 9 nitrogen and oxygen atoms in total. The van der Waals surface area contributed by atoms with Crippen LogP contribution in [0.4, 0.5) is 19.7 Å². The summed E-state index contributed by atoms with van der Waals surface area (Å²) in [6.07, 6.45) is -1.52. The van der Waals surface area contributed by atoms with Crippen LogP contribution in [-0.4, -0.2) is 73.7 Å². The molecule has 0 radical (unpaired) electrons. The Morgan fingerprint density at radius 2 is 1.68 bits per heavy atom. The molecule has 0 saturated carbocycles. The van der Waals surface area contributed by atoms with Gasteiger partial charge in [0.15, 0.2) is 0 Å². The van der Waals surface area contributed by atoms with Crippen LogP contribution < -0.4 is 15.0 Å². The molecule has 1 aromatic carbocycles. The highest BCUT2D eigenvalue weighted by Crippen LogP contribution is 2.30. The van der Waals surface area contributed by atoms with Gasteiger partial charge in [-0.1, -0.05) is 11.6 Å². The number of ether oxygens (including phenoxy) is 3. The number of rotatable bonds is 4. The average molecular weight is 501 g/mol. The molecule has 190 valence electrons. The molecule has 1 N–H and O–H groups in total. The monoisotopic (exact) mass is 500 g/mol. The second kappa shape index (κ2) is 11.6. The first-order valence-electron chi connectivity index (χ1n) is 11.1. The zero-order valence-corrected chi connectivity index (χ0v) is 21.4. The normalized spacial score (nSPS) is 15.1. The molecular formula is C23H34ClFN4O5. The Labute approximate surface area is 205 Å². The Hall–Kier alpha value is -2.75. The van der Waals surface area contributed by atoms with Crippen LogP contribution in [0.15, 0.2) is 23.2 Å². The maximum atomic E-state index is 12.4. The van der Waals surface area contributed by atoms with E-state index in [1.807, 2.05) is 6.07 Å². The number of nitrogens with one attached hydrogen (secondary N) is 1. The van der Waals surface area contributed by atoms with Gasteiger partial charge in [-0.2, -0.15) is 0 Å². The predicted molar refractivity (Wildman–Crippen MR) is 130 cm³/mol. The summed E-state index contributed by atoms with van der Waals surface area (Å²) in [5.41, 5.74) is -0.558. The van der Waals surface area contributed by atoms with Gasteiger partial charge in [0, 0.05) is 31.9 Å². The van der Waals surface area contributed by atoms with E-state index in [0.717, 1.165) is 5.69 Å². The molecule has 1 heterocycles. The van der Waals surface area contributed by atoms with Gasteiger partial charge < -0.3 is 24.0 Å². The minimum absolute atomic E-state index is 0.0534. The standard InChI is InChI=1S/C23H34ClFN4O5/c1-22(2,3)33-20(30)26-19(27-21(31)34-23(4,5)6)29-12-10-28(11-13-29)16-7-8-18(17(24)15-16)32-14-9-25/h7-8,15H,9-14H2,1-6H3,(H,26,27,30,31). The van der Waals surface area contributed by atoms with Crippen LogP contribution in [0.2, 0.25) is 5.02 Å². The fraction of sp³-hybridized carbons (Fsp3) is 0.609. The van der Waals surface area contributed by atoms with E-state index in [0.29, 0.717) is 37.0 Å². The van der Waals surface area contributed by atoms with Crippen molar-refractivity contribution in [3.05, 3.63) is 23.2 Å². The van der Waals surface area contributed by atoms with Gasteiger partial charge in [-0.3, -0.25) is 5.32 Å². The molecule has 0 aliphatic carbocycles. The molecular weight excluding hydrogens is 467 g/mol. The van der Waals surface area contributed by atoms with Gasteiger partial charge in [-0.15, -0.1) is 4.99 Å². The van der Waals surface area contributed by atoms with E-state index >= 15 is 0 Å². The van der Waals surface area contributed by atoms with Crippen LogP contribution in [0, 0.1) is 0 Å². The van der Waals surface area contributed by atoms with Gasteiger partial charge in [0.1, 0.15) is 30.2 Å². The third-order valence-electron chi connectivity index (χ3n) is 4.40. The molecule has 0 atom stereocenters. The molecule has 0 aromatic heterocycles. The Bertz CT molecular complexity index is 890. The van der Waals surface area contributed by atoms with Gasteiger partial charge >= 0.3 is 12.2 Å². The smallest absolute Gasteiger partial charge is 0.437 e. The second-order valence-electron chi connectivity index (χ2n) is 9.67. The molecule has 1 aliphatic heterocycles. The number of halogens is 2. The van der Waals surface area contributed by atoms with Crippen molar-refractivity contribution >= 4 is 35.4 Å². The van der Waals surface area contributed by atoms with Gasteiger partial charge in [-0.25, -0.2) is 14.0 Å². The number of alkyl carbamates (subject to hydrolysis) is 1. The Morgan fingerprint density at radius 3 is 2.21 bits per heavy atom. The quantitative estimate of drug-likeness (QED) is 0.476. The van der Waals surface area contributed by atoms with Gasteiger partial charge in [0.25, 0.3) is 0 Å². The van der Waals surface area contributed by atoms with Crippen LogP contribution in [0.5, 0.6) is 5.75 Å². The number of anilines is 1. The number of guanidine groups is 1. The molecule has 0 unspecified atom stereocenters. The van der Waals surface area contributed by atoms with Crippen molar-refractivity contribution in [2.75, 3.05) is 44.4 Å². The van der Waals surface area contributed by atoms with Crippen molar-refractivity contribution in [1.82, 2.24) is 10.2 Å². The number of nitrogens with zero attached hydrogens (tertiary/aromatic N) is 3. The number of hydrogen-bond acceptors (Lipinski definition) is 6. The number of hydrogen-bond donors (Lipinski definition) is 1. The van der Waals surface area contributed by atoms with Gasteiger partial charge in [-0.05, 0) is 59.7 Å². The molecule has 11 heteroatoms. The molecule has 0 bridgehead atoms. The fourth-order valence-electron chi connectivity index (χ4n) is 3.07. The van der Waals surface area contributed by atoms with Crippen LogP contribution in [-0.2, 0) is 9.47 Å². The zero-order chi connectivity index (χ0) is 25.5. The lowest BCUT2D eigenvalue weighted by Crippen LogP contribution is -2.54. The molecule has 2 amide bonds. The predicted octanol–water partition coefficient (Wildman–Crippen LogP) is 4.63. The Morgan fingerprint density at radius 1 is 1.06 bits per heavy atom. The summed E-state index contributed by atoms with van der Waals surface area (Å²) < 4.78 is 28.2. The van der Waals surface area contributed by atoms with Gasteiger partial charge in [0.05, 0.1) is 5.02 Å². The molecule has 0 spiro atoms. The number of aliphatic imine (C=N–C) groups is 1. The SMILES string of the molecule is CC(C)(C)OC(=O)/N=C(/NC(=O)OC(C)(C)C)N1CCN(c2ccc(OCCF)c(Cl)c2)CC1. The topological polar surface area (TPSA) is 92.7 Å². The minimum atomic E-state index is -0.809. The van der Waals surface area contributed by atoms with E-state index in [4.69, 9.17) is 25.8 Å². The first-order valence-corrected chi connectivity index (χ1v) is 11.4. The van der Waals surface area contributed by atoms with Crippen molar-refractivity contribution < 1.29 is 28.2 Å². The molecule has 1 aliphatic rings. The number of alkyl halides is 1. The summed E-state index contributed by atoms with van der Waals surface area (Å²) in [5.74, 6) is 0.492. The van der Waals surface area contributed by atoms with Crippen LogP contribution in [0.3, 0.4) is 0 Å². The summed E-state index contributed by atoms with van der Waals surface area (Å²) in [6, 6.07) is 5.32. The maximum absolute atomic E-state index is 12.4. The third-order valence-corrected chi connectivity index (χ3v) is 4.69. The molecule has 1 saturated heterocycles.